The van der Waals surface area contributed by atoms with Gasteiger partial charge in [0.25, 0.3) is 23.6 Å². The van der Waals surface area contributed by atoms with Gasteiger partial charge in [0.05, 0.1) is 55.9 Å². The number of esters is 1. The molecule has 34 heteroatoms. The predicted octanol–water partition coefficient (Wildman–Crippen LogP) is 7.51. The van der Waals surface area contributed by atoms with Crippen LogP contribution in [0.4, 0.5) is 20.7 Å². The summed E-state index contributed by atoms with van der Waals surface area (Å²) >= 11 is 8.77. The number of aryl methyl sites for hydroxylation is 1. The van der Waals surface area contributed by atoms with Gasteiger partial charge in [-0.05, 0) is 108 Å². The number of anilines is 2. The van der Waals surface area contributed by atoms with Crippen LogP contribution in [0.15, 0.2) is 120 Å². The van der Waals surface area contributed by atoms with Gasteiger partial charge in [0.15, 0.2) is 22.3 Å². The highest BCUT2D eigenvalue weighted by molar-refractivity contribution is 7.84. The molecule has 1 aliphatic rings. The van der Waals surface area contributed by atoms with Crippen molar-refractivity contribution in [1.82, 2.24) is 40.5 Å². The highest BCUT2D eigenvalue weighted by Gasteiger charge is 2.54. The summed E-state index contributed by atoms with van der Waals surface area (Å²) in [6, 6.07) is 23.2. The first-order valence-electron chi connectivity index (χ1n) is 29.8. The molecular weight excluding hydrogens is 1360 g/mol. The van der Waals surface area contributed by atoms with E-state index in [1.165, 1.54) is 42.6 Å². The number of hydrogen-bond acceptors (Lipinski definition) is 24. The van der Waals surface area contributed by atoms with E-state index in [-0.39, 0.29) is 86.2 Å². The largest absolute Gasteiger partial charge is 0.497 e. The summed E-state index contributed by atoms with van der Waals surface area (Å²) in [6.45, 7) is 11.3. The van der Waals surface area contributed by atoms with Crippen molar-refractivity contribution in [2.75, 3.05) is 44.3 Å². The Morgan fingerprint density at radius 1 is 0.755 bits per heavy atom. The maximum absolute atomic E-state index is 14.3. The zero-order valence-corrected chi connectivity index (χ0v) is 58.2. The van der Waals surface area contributed by atoms with Gasteiger partial charge in [-0.15, -0.1) is 22.7 Å². The first-order valence-corrected chi connectivity index (χ1v) is 33.3. The topological polar surface area (TPSA) is 369 Å². The third-order valence-corrected chi connectivity index (χ3v) is 16.8. The average molecular weight is 1430 g/mol. The lowest BCUT2D eigenvalue weighted by atomic mass is 9.98. The highest BCUT2D eigenvalue weighted by atomic mass is 35.5. The molecular formula is C64H72ClN12O18S3+. The molecule has 6 amide bonds. The molecule has 1 saturated heterocycles. The van der Waals surface area contributed by atoms with E-state index < -0.39 is 93.2 Å². The molecule has 4 aromatic carbocycles. The van der Waals surface area contributed by atoms with E-state index in [1.54, 1.807) is 128 Å². The Kier molecular flexibility index (Phi) is 23.9. The van der Waals surface area contributed by atoms with Crippen LogP contribution in [0.1, 0.15) is 97.8 Å². The fraction of sp³-hybridized carbons (Fsp3) is 0.344. The predicted molar refractivity (Wildman–Crippen MR) is 358 cm³/mol. The quantitative estimate of drug-likeness (QED) is 0.00404. The molecule has 1 aliphatic heterocycles. The monoisotopic (exact) mass is 1430 g/mol. The Morgan fingerprint density at radius 3 is 1.99 bits per heavy atom. The van der Waals surface area contributed by atoms with Crippen LogP contribution in [0, 0.1) is 0 Å². The SMILES string of the molecule is COc1ccc(COc2ccc(C(=O)NCN(CNC(=O)OCc3ccccc3)c3ncc(-c4ncc(C(=O)NC[C@@H]5[C@H](NC(=O)/C(=N\OC(C)(C)C(=O)OC(C)(C)C)c6csc(NC(=O)OC(C)(C)C)n6)C(=O)N5S(=O)(=O)O)s4)c[n+]3C)c(Cl)c2OCc2ccc(OC)cc2)cc1. The molecule has 520 valence electrons. The highest BCUT2D eigenvalue weighted by Crippen LogP contribution is 2.39. The van der Waals surface area contributed by atoms with Crippen LogP contribution in [0.5, 0.6) is 23.0 Å². The number of ether oxygens (including phenoxy) is 7. The van der Waals surface area contributed by atoms with Gasteiger partial charge in [0.2, 0.25) is 5.60 Å². The third kappa shape index (κ3) is 20.0. The number of nitrogens with zero attached hydrogens (tertiary/aromatic N) is 7. The fourth-order valence-corrected chi connectivity index (χ4v) is 11.5. The molecule has 7 aromatic rings. The Balaban J connectivity index is 0.983. The van der Waals surface area contributed by atoms with Crippen molar-refractivity contribution in [2.45, 2.75) is 104 Å². The first-order chi connectivity index (χ1) is 46.3. The number of β-lactam (4-membered cyclic amide) rings is 1. The number of aromatic nitrogens is 4. The average Bonchev–Trinajstić information content (AvgIpc) is 0.770. The molecule has 0 unspecified atom stereocenters. The Bertz CT molecular complexity index is 4200. The second-order valence-corrected chi connectivity index (χ2v) is 27.5. The van der Waals surface area contributed by atoms with E-state index in [2.05, 4.69) is 46.7 Å². The Morgan fingerprint density at radius 2 is 1.38 bits per heavy atom. The summed E-state index contributed by atoms with van der Waals surface area (Å²) in [4.78, 5) is 115. The van der Waals surface area contributed by atoms with Gasteiger partial charge in [0.1, 0.15) is 83.7 Å². The lowest BCUT2D eigenvalue weighted by Crippen LogP contribution is -2.74. The van der Waals surface area contributed by atoms with E-state index in [0.717, 1.165) is 39.4 Å². The normalized spacial score (nSPS) is 14.0. The minimum absolute atomic E-state index is 0.0118. The number of halogens is 1. The van der Waals surface area contributed by atoms with Gasteiger partial charge in [-0.25, -0.2) is 38.1 Å². The summed E-state index contributed by atoms with van der Waals surface area (Å²) in [5.41, 5.74) is -1.83. The summed E-state index contributed by atoms with van der Waals surface area (Å²) in [5, 5.41) is 18.2. The molecule has 1 fully saturated rings. The van der Waals surface area contributed by atoms with Crippen LogP contribution in [-0.2, 0) is 70.6 Å². The van der Waals surface area contributed by atoms with Gasteiger partial charge < -0.3 is 53.9 Å². The van der Waals surface area contributed by atoms with Crippen LogP contribution in [0.2, 0.25) is 5.02 Å². The third-order valence-electron chi connectivity index (χ3n) is 13.7. The second kappa shape index (κ2) is 31.8. The molecule has 0 aliphatic carbocycles. The lowest BCUT2D eigenvalue weighted by Gasteiger charge is -2.44. The van der Waals surface area contributed by atoms with Crippen LogP contribution >= 0.6 is 34.3 Å². The number of carbonyl (C=O) groups excluding carboxylic acids is 7. The van der Waals surface area contributed by atoms with E-state index in [4.69, 9.17) is 49.6 Å². The molecule has 0 radical (unpaired) electrons. The number of benzene rings is 4. The molecule has 0 bridgehead atoms. The van der Waals surface area contributed by atoms with E-state index in [1.807, 2.05) is 30.3 Å². The summed E-state index contributed by atoms with van der Waals surface area (Å²) < 4.78 is 76.2. The van der Waals surface area contributed by atoms with Crippen molar-refractivity contribution in [1.29, 1.82) is 0 Å². The Labute approximate surface area is 576 Å². The number of nitrogens with one attached hydrogen (secondary N) is 5. The van der Waals surface area contributed by atoms with E-state index >= 15 is 0 Å². The fourth-order valence-electron chi connectivity index (χ4n) is 8.85. The van der Waals surface area contributed by atoms with Crippen molar-refractivity contribution in [2.24, 2.45) is 12.2 Å². The number of alkyl carbamates (subject to hydrolysis) is 1. The smallest absolute Gasteiger partial charge is 0.413 e. The zero-order valence-electron chi connectivity index (χ0n) is 55.0. The Hall–Kier alpha value is -10.2. The van der Waals surface area contributed by atoms with Gasteiger partial charge in [0, 0.05) is 11.9 Å². The molecule has 3 aromatic heterocycles. The van der Waals surface area contributed by atoms with Crippen LogP contribution in [-0.4, -0.2) is 143 Å². The van der Waals surface area contributed by atoms with E-state index in [0.29, 0.717) is 17.1 Å². The zero-order chi connectivity index (χ0) is 71.3. The maximum Gasteiger partial charge on any atom is 0.413 e. The molecule has 0 saturated carbocycles. The van der Waals surface area contributed by atoms with Crippen molar-refractivity contribution in [3.05, 3.63) is 153 Å². The standard InChI is InChI=1S/C64H71ClN12O18S3/c1-62(2,3)93-57(82)64(7,8)95-74-49(44-34-96-58(71-44)73-61(84)94-63(4,5)6)54(80)72-50-45(77(56(50)81)98(85,86)87)28-66-53(79)47-29-67-55(97-47)40-27-68-59(75(9)30-40)76(36-70-60(83)92-33-37-15-13-12-14-16-37)35-69-52(78)43-25-26-46(90-31-38-17-21-41(88-10)22-18-38)51(48(43)65)91-32-39-19-23-42(89-11)24-20-39/h12-27,29-30,34,45,50H,28,31-33,35-36H2,1-11H3,(H5-,66,69,70,71,72,73,78,79,80,83,84,85,86,87)/p+1/b74-49-/t45-,50+/m1/s1. The number of methoxy groups -OCH3 is 2. The van der Waals surface area contributed by atoms with Crippen LogP contribution < -0.4 is 55.0 Å². The van der Waals surface area contributed by atoms with Crippen molar-refractivity contribution >= 4 is 103 Å². The minimum Gasteiger partial charge on any atom is -0.497 e. The first kappa shape index (κ1) is 73.6. The molecule has 2 atom stereocenters. The van der Waals surface area contributed by atoms with Crippen molar-refractivity contribution < 1.29 is 89.1 Å². The van der Waals surface area contributed by atoms with Crippen LogP contribution in [0.3, 0.4) is 0 Å². The van der Waals surface area contributed by atoms with Crippen molar-refractivity contribution in [3.63, 3.8) is 0 Å². The van der Waals surface area contributed by atoms with Crippen molar-refractivity contribution in [3.8, 4) is 33.6 Å². The lowest BCUT2D eigenvalue weighted by molar-refractivity contribution is -0.661. The number of rotatable bonds is 28. The van der Waals surface area contributed by atoms with Gasteiger partial charge in [-0.2, -0.15) is 8.42 Å². The number of carbonyl (C=O) groups is 7. The van der Waals surface area contributed by atoms with Gasteiger partial charge in [-0.3, -0.25) is 34.4 Å². The van der Waals surface area contributed by atoms with Gasteiger partial charge in [-0.1, -0.05) is 76.3 Å². The van der Waals surface area contributed by atoms with E-state index in [9.17, 15) is 46.5 Å². The minimum atomic E-state index is -5.29. The molecule has 6 N–H and O–H groups in total. The summed E-state index contributed by atoms with van der Waals surface area (Å²) in [5.74, 6) is -2.97. The molecule has 4 heterocycles. The molecule has 8 rings (SSSR count). The molecule has 30 nitrogen and oxygen atoms in total. The second-order valence-electron chi connectivity index (χ2n) is 24.0. The molecule has 0 spiro atoms. The number of amides is 6. The maximum atomic E-state index is 14.3. The number of thiazole rings is 2. The summed E-state index contributed by atoms with van der Waals surface area (Å²) in [7, 11) is -0.536. The van der Waals surface area contributed by atoms with Crippen LogP contribution in [0.25, 0.3) is 10.6 Å². The molecule has 98 heavy (non-hydrogen) atoms. The summed E-state index contributed by atoms with van der Waals surface area (Å²) in [6.07, 6.45) is 2.59. The van der Waals surface area contributed by atoms with Gasteiger partial charge >= 0.3 is 34.4 Å². The number of oxime groups is 1. The number of hydrogen-bond donors (Lipinski definition) is 6.